The Bertz CT molecular complexity index is 691. The number of amides is 1. The van der Waals surface area contributed by atoms with Gasteiger partial charge in [0.05, 0.1) is 0 Å². The average Bonchev–Trinajstić information content (AvgIpc) is 2.55. The van der Waals surface area contributed by atoms with E-state index in [1.807, 2.05) is 30.3 Å². The predicted octanol–water partition coefficient (Wildman–Crippen LogP) is 2.42. The van der Waals surface area contributed by atoms with E-state index in [1.165, 1.54) is 23.2 Å². The second kappa shape index (κ2) is 7.35. The van der Waals surface area contributed by atoms with Gasteiger partial charge in [-0.25, -0.2) is 0 Å². The highest BCUT2D eigenvalue weighted by Crippen LogP contribution is 2.24. The third kappa shape index (κ3) is 4.26. The summed E-state index contributed by atoms with van der Waals surface area (Å²) in [5, 5.41) is 10.9. The topological polar surface area (TPSA) is 85.6 Å². The fourth-order valence-electron chi connectivity index (χ4n) is 2.10. The number of nitro groups is 1. The minimum atomic E-state index is -0.855. The lowest BCUT2D eigenvalue weighted by Crippen LogP contribution is -2.37. The first-order valence-electron chi connectivity index (χ1n) is 7.04. The molecule has 0 fully saturated rings. The largest absolute Gasteiger partial charge is 0.473 e. The Labute approximate surface area is 133 Å². The van der Waals surface area contributed by atoms with Crippen LogP contribution in [0.4, 0.5) is 5.82 Å². The molecule has 1 aromatic carbocycles. The van der Waals surface area contributed by atoms with Crippen LogP contribution in [0.3, 0.4) is 0 Å². The van der Waals surface area contributed by atoms with E-state index in [4.69, 9.17) is 4.74 Å². The molecule has 7 heteroatoms. The highest BCUT2D eigenvalue weighted by Gasteiger charge is 2.24. The maximum Gasteiger partial charge on any atom is 0.406 e. The van der Waals surface area contributed by atoms with Crippen molar-refractivity contribution in [1.29, 1.82) is 0 Å². The number of rotatable bonds is 6. The van der Waals surface area contributed by atoms with Gasteiger partial charge in [-0.2, -0.15) is 0 Å². The molecule has 0 N–H and O–H groups in total. The number of hydrogen-bond acceptors (Lipinski definition) is 5. The molecule has 7 nitrogen and oxygen atoms in total. The van der Waals surface area contributed by atoms with Crippen LogP contribution < -0.4 is 4.74 Å². The Kier molecular flexibility index (Phi) is 5.24. The van der Waals surface area contributed by atoms with E-state index < -0.39 is 16.8 Å². The molecule has 0 aliphatic rings. The first-order chi connectivity index (χ1) is 11.0. The van der Waals surface area contributed by atoms with Gasteiger partial charge in [0.1, 0.15) is 6.20 Å². The van der Waals surface area contributed by atoms with Gasteiger partial charge in [-0.15, -0.1) is 0 Å². The number of likely N-dealkylation sites (N-methyl/N-ethyl adjacent to an activating group) is 1. The third-order valence-electron chi connectivity index (χ3n) is 3.21. The minimum Gasteiger partial charge on any atom is -0.473 e. The summed E-state index contributed by atoms with van der Waals surface area (Å²) >= 11 is 0. The summed E-state index contributed by atoms with van der Waals surface area (Å²) < 4.78 is 5.43. The number of aromatic nitrogens is 1. The molecule has 1 heterocycles. The van der Waals surface area contributed by atoms with Gasteiger partial charge in [-0.05, 0) is 34.5 Å². The lowest BCUT2D eigenvalue weighted by Gasteiger charge is -2.22. The summed E-state index contributed by atoms with van der Waals surface area (Å²) in [6.45, 7) is 1.99. The molecule has 0 bridgehead atoms. The zero-order chi connectivity index (χ0) is 16.8. The third-order valence-corrected chi connectivity index (χ3v) is 3.21. The minimum absolute atomic E-state index is 0.0218. The standard InChI is InChI=1S/C16H17N3O4/c1-12(23-14-9-6-10-17-15(14)19(21)22)16(20)18(2)11-13-7-4-3-5-8-13/h3-10,12H,11H2,1-2H3/t12-/m0/s1. The van der Waals surface area contributed by atoms with Crippen LogP contribution >= 0.6 is 0 Å². The lowest BCUT2D eigenvalue weighted by molar-refractivity contribution is -0.390. The fourth-order valence-corrected chi connectivity index (χ4v) is 2.10. The molecule has 0 aliphatic carbocycles. The first-order valence-corrected chi connectivity index (χ1v) is 7.04. The van der Waals surface area contributed by atoms with Crippen molar-refractivity contribution in [3.05, 3.63) is 64.3 Å². The number of hydrogen-bond donors (Lipinski definition) is 0. The molecule has 1 atom stereocenters. The molecule has 0 radical (unpaired) electrons. The fraction of sp³-hybridized carbons (Fsp3) is 0.250. The Balaban J connectivity index is 2.04. The Morgan fingerprint density at radius 2 is 2.00 bits per heavy atom. The molecule has 2 aromatic rings. The van der Waals surface area contributed by atoms with E-state index >= 15 is 0 Å². The Morgan fingerprint density at radius 1 is 1.30 bits per heavy atom. The molecule has 0 saturated carbocycles. The van der Waals surface area contributed by atoms with Crippen molar-refractivity contribution in [3.8, 4) is 5.75 Å². The van der Waals surface area contributed by atoms with Gasteiger partial charge in [0, 0.05) is 13.6 Å². The summed E-state index contributed by atoms with van der Waals surface area (Å²) in [6.07, 6.45) is 0.450. The number of nitrogens with zero attached hydrogens (tertiary/aromatic N) is 3. The molecular weight excluding hydrogens is 298 g/mol. The molecule has 1 amide bonds. The van der Waals surface area contributed by atoms with E-state index in [1.54, 1.807) is 14.0 Å². The van der Waals surface area contributed by atoms with Crippen LogP contribution in [0.1, 0.15) is 12.5 Å². The van der Waals surface area contributed by atoms with Gasteiger partial charge in [0.15, 0.2) is 6.10 Å². The molecule has 0 unspecified atom stereocenters. The molecule has 23 heavy (non-hydrogen) atoms. The van der Waals surface area contributed by atoms with E-state index in [0.717, 1.165) is 5.56 Å². The maximum atomic E-state index is 12.3. The molecule has 0 saturated heterocycles. The van der Waals surface area contributed by atoms with Crippen LogP contribution in [0, 0.1) is 10.1 Å². The molecule has 2 rings (SSSR count). The number of carbonyl (C=O) groups excluding carboxylic acids is 1. The van der Waals surface area contributed by atoms with E-state index in [0.29, 0.717) is 6.54 Å². The van der Waals surface area contributed by atoms with Gasteiger partial charge in [-0.3, -0.25) is 4.79 Å². The second-order valence-corrected chi connectivity index (χ2v) is 5.02. The van der Waals surface area contributed by atoms with Crippen molar-refractivity contribution in [2.75, 3.05) is 7.05 Å². The van der Waals surface area contributed by atoms with Gasteiger partial charge in [0.25, 0.3) is 5.91 Å². The first kappa shape index (κ1) is 16.4. The summed E-state index contributed by atoms with van der Waals surface area (Å²) in [5.74, 6) is -0.698. The maximum absolute atomic E-state index is 12.3. The summed E-state index contributed by atoms with van der Waals surface area (Å²) in [5.41, 5.74) is 0.989. The quantitative estimate of drug-likeness (QED) is 0.603. The van der Waals surface area contributed by atoms with Crippen LogP contribution in [-0.2, 0) is 11.3 Å². The van der Waals surface area contributed by atoms with Crippen molar-refractivity contribution < 1.29 is 14.5 Å². The number of ether oxygens (including phenoxy) is 1. The van der Waals surface area contributed by atoms with Gasteiger partial charge < -0.3 is 19.8 Å². The van der Waals surface area contributed by atoms with Gasteiger partial charge in [0.2, 0.25) is 5.75 Å². The highest BCUT2D eigenvalue weighted by molar-refractivity contribution is 5.80. The van der Waals surface area contributed by atoms with E-state index in [2.05, 4.69) is 4.98 Å². The average molecular weight is 315 g/mol. The number of carbonyl (C=O) groups is 1. The smallest absolute Gasteiger partial charge is 0.406 e. The lowest BCUT2D eigenvalue weighted by atomic mass is 10.2. The van der Waals surface area contributed by atoms with Crippen molar-refractivity contribution in [2.45, 2.75) is 19.6 Å². The zero-order valence-electron chi connectivity index (χ0n) is 12.9. The molecule has 120 valence electrons. The van der Waals surface area contributed by atoms with Crippen LogP contribution in [0.25, 0.3) is 0 Å². The van der Waals surface area contributed by atoms with Crippen molar-refractivity contribution in [2.24, 2.45) is 0 Å². The molecular formula is C16H17N3O4. The summed E-state index contributed by atoms with van der Waals surface area (Å²) in [4.78, 5) is 27.8. The van der Waals surface area contributed by atoms with Gasteiger partial charge >= 0.3 is 5.82 Å². The molecule has 0 aliphatic heterocycles. The van der Waals surface area contributed by atoms with Crippen molar-refractivity contribution >= 4 is 11.7 Å². The molecule has 1 aromatic heterocycles. The van der Waals surface area contributed by atoms with E-state index in [9.17, 15) is 14.9 Å². The van der Waals surface area contributed by atoms with Crippen molar-refractivity contribution in [3.63, 3.8) is 0 Å². The van der Waals surface area contributed by atoms with Crippen LogP contribution in [0.15, 0.2) is 48.7 Å². The van der Waals surface area contributed by atoms with Gasteiger partial charge in [-0.1, -0.05) is 30.3 Å². The van der Waals surface area contributed by atoms with Crippen LogP contribution in [0.5, 0.6) is 5.75 Å². The van der Waals surface area contributed by atoms with Crippen molar-refractivity contribution in [1.82, 2.24) is 9.88 Å². The normalized spacial score (nSPS) is 11.6. The number of pyridine rings is 1. The highest BCUT2D eigenvalue weighted by atomic mass is 16.6. The Hall–Kier alpha value is -2.96. The zero-order valence-corrected chi connectivity index (χ0v) is 12.9. The van der Waals surface area contributed by atoms with E-state index in [-0.39, 0.29) is 11.7 Å². The van der Waals surface area contributed by atoms with Crippen LogP contribution in [-0.4, -0.2) is 33.9 Å². The SMILES string of the molecule is C[C@H](Oc1cccnc1[N+](=O)[O-])C(=O)N(C)Cc1ccccc1. The number of benzene rings is 1. The molecule has 0 spiro atoms. The Morgan fingerprint density at radius 3 is 2.65 bits per heavy atom. The summed E-state index contributed by atoms with van der Waals surface area (Å²) in [7, 11) is 1.66. The summed E-state index contributed by atoms with van der Waals surface area (Å²) in [6, 6.07) is 12.5. The second-order valence-electron chi connectivity index (χ2n) is 5.02. The monoisotopic (exact) mass is 315 g/mol. The predicted molar refractivity (Wildman–Crippen MR) is 83.9 cm³/mol. The van der Waals surface area contributed by atoms with Crippen LogP contribution in [0.2, 0.25) is 0 Å².